The van der Waals surface area contributed by atoms with Crippen molar-refractivity contribution in [1.29, 1.82) is 5.26 Å². The number of aryl methyl sites for hydroxylation is 1. The molecule has 1 N–H and O–H groups in total. The van der Waals surface area contributed by atoms with Crippen LogP contribution in [-0.4, -0.2) is 11.5 Å². The summed E-state index contributed by atoms with van der Waals surface area (Å²) in [5, 5.41) is 12.3. The zero-order valence-corrected chi connectivity index (χ0v) is 11.1. The molecular weight excluding hydrogens is 222 g/mol. The smallest absolute Gasteiger partial charge is 0.144 e. The Morgan fingerprint density at radius 3 is 2.89 bits per heavy atom. The maximum absolute atomic E-state index is 9.01. The number of hydrogen-bond acceptors (Lipinski definition) is 3. The molecule has 0 bridgehead atoms. The fourth-order valence-electron chi connectivity index (χ4n) is 2.68. The van der Waals surface area contributed by atoms with Crippen LogP contribution in [0.15, 0.2) is 12.1 Å². The van der Waals surface area contributed by atoms with E-state index in [1.165, 1.54) is 38.5 Å². The first-order valence-electron chi connectivity index (χ1n) is 6.91. The number of anilines is 1. The molecule has 0 aliphatic heterocycles. The number of rotatable bonds is 5. The van der Waals surface area contributed by atoms with Crippen LogP contribution in [0.3, 0.4) is 0 Å². The molecule has 0 saturated heterocycles. The molecule has 18 heavy (non-hydrogen) atoms. The van der Waals surface area contributed by atoms with Gasteiger partial charge in [0.05, 0.1) is 5.56 Å². The van der Waals surface area contributed by atoms with Crippen molar-refractivity contribution in [3.8, 4) is 6.07 Å². The van der Waals surface area contributed by atoms with Gasteiger partial charge in [-0.1, -0.05) is 25.7 Å². The number of nitrogens with one attached hydrogen (secondary N) is 1. The predicted octanol–water partition coefficient (Wildman–Crippen LogP) is 3.64. The number of nitriles is 1. The quantitative estimate of drug-likeness (QED) is 0.803. The molecule has 0 aromatic carbocycles. The Morgan fingerprint density at radius 2 is 2.17 bits per heavy atom. The SMILES string of the molecule is Cc1ccc(C#N)c(NCCCC2CCCC2)n1. The van der Waals surface area contributed by atoms with Crippen LogP contribution < -0.4 is 5.32 Å². The Morgan fingerprint density at radius 1 is 1.39 bits per heavy atom. The zero-order chi connectivity index (χ0) is 12.8. The van der Waals surface area contributed by atoms with Crippen molar-refractivity contribution in [3.63, 3.8) is 0 Å². The van der Waals surface area contributed by atoms with E-state index in [9.17, 15) is 0 Å². The minimum absolute atomic E-state index is 0.640. The number of nitrogens with zero attached hydrogens (tertiary/aromatic N) is 2. The molecule has 0 radical (unpaired) electrons. The van der Waals surface area contributed by atoms with Gasteiger partial charge in [0, 0.05) is 12.2 Å². The normalized spacial score (nSPS) is 15.6. The number of aromatic nitrogens is 1. The first kappa shape index (κ1) is 12.9. The topological polar surface area (TPSA) is 48.7 Å². The van der Waals surface area contributed by atoms with E-state index in [-0.39, 0.29) is 0 Å². The van der Waals surface area contributed by atoms with Gasteiger partial charge in [-0.2, -0.15) is 5.26 Å². The van der Waals surface area contributed by atoms with Crippen molar-refractivity contribution in [2.75, 3.05) is 11.9 Å². The van der Waals surface area contributed by atoms with Gasteiger partial charge in [-0.3, -0.25) is 0 Å². The second kappa shape index (κ2) is 6.39. The molecule has 96 valence electrons. The molecule has 3 heteroatoms. The van der Waals surface area contributed by atoms with Crippen LogP contribution in [0.4, 0.5) is 5.82 Å². The molecule has 1 aliphatic rings. The van der Waals surface area contributed by atoms with Crippen LogP contribution in [0, 0.1) is 24.2 Å². The van der Waals surface area contributed by atoms with Gasteiger partial charge < -0.3 is 5.32 Å². The van der Waals surface area contributed by atoms with E-state index in [2.05, 4.69) is 16.4 Å². The van der Waals surface area contributed by atoms with Crippen LogP contribution in [0.25, 0.3) is 0 Å². The zero-order valence-electron chi connectivity index (χ0n) is 11.1. The predicted molar refractivity (Wildman–Crippen MR) is 73.4 cm³/mol. The molecule has 2 rings (SSSR count). The van der Waals surface area contributed by atoms with Crippen LogP contribution in [0.5, 0.6) is 0 Å². The summed E-state index contributed by atoms with van der Waals surface area (Å²) in [6, 6.07) is 5.89. The van der Waals surface area contributed by atoms with Crippen molar-refractivity contribution in [3.05, 3.63) is 23.4 Å². The standard InChI is InChI=1S/C15H21N3/c1-12-8-9-14(11-16)15(18-12)17-10-4-7-13-5-2-3-6-13/h8-9,13H,2-7,10H2,1H3,(H,17,18). The average Bonchev–Trinajstić information content (AvgIpc) is 2.88. The lowest BCUT2D eigenvalue weighted by Crippen LogP contribution is -2.07. The molecule has 1 aromatic heterocycles. The molecular formula is C15H21N3. The summed E-state index contributed by atoms with van der Waals surface area (Å²) >= 11 is 0. The highest BCUT2D eigenvalue weighted by molar-refractivity contribution is 5.52. The summed E-state index contributed by atoms with van der Waals surface area (Å²) in [5.41, 5.74) is 1.59. The fourth-order valence-corrected chi connectivity index (χ4v) is 2.68. The first-order valence-corrected chi connectivity index (χ1v) is 6.91. The van der Waals surface area contributed by atoms with E-state index in [1.54, 1.807) is 0 Å². The lowest BCUT2D eigenvalue weighted by molar-refractivity contribution is 0.491. The van der Waals surface area contributed by atoms with Crippen LogP contribution in [-0.2, 0) is 0 Å². The monoisotopic (exact) mass is 243 g/mol. The molecule has 0 atom stereocenters. The lowest BCUT2D eigenvalue weighted by Gasteiger charge is -2.10. The van der Waals surface area contributed by atoms with E-state index in [0.29, 0.717) is 5.56 Å². The summed E-state index contributed by atoms with van der Waals surface area (Å²) < 4.78 is 0. The van der Waals surface area contributed by atoms with Gasteiger partial charge in [-0.15, -0.1) is 0 Å². The second-order valence-electron chi connectivity index (χ2n) is 5.18. The van der Waals surface area contributed by atoms with Gasteiger partial charge in [0.2, 0.25) is 0 Å². The Balaban J connectivity index is 1.79. The highest BCUT2D eigenvalue weighted by Crippen LogP contribution is 2.28. The van der Waals surface area contributed by atoms with E-state index >= 15 is 0 Å². The summed E-state index contributed by atoms with van der Waals surface area (Å²) in [5.74, 6) is 1.68. The number of hydrogen-bond donors (Lipinski definition) is 1. The summed E-state index contributed by atoms with van der Waals surface area (Å²) in [7, 11) is 0. The van der Waals surface area contributed by atoms with E-state index in [1.807, 2.05) is 19.1 Å². The Hall–Kier alpha value is -1.56. The molecule has 0 spiro atoms. The lowest BCUT2D eigenvalue weighted by atomic mass is 10.0. The fraction of sp³-hybridized carbons (Fsp3) is 0.600. The Kier molecular flexibility index (Phi) is 4.58. The van der Waals surface area contributed by atoms with Gasteiger partial charge in [-0.05, 0) is 37.8 Å². The Bertz CT molecular complexity index is 428. The first-order chi connectivity index (χ1) is 8.79. The average molecular weight is 243 g/mol. The molecule has 0 unspecified atom stereocenters. The van der Waals surface area contributed by atoms with Gasteiger partial charge in [0.15, 0.2) is 0 Å². The minimum Gasteiger partial charge on any atom is -0.369 e. The number of pyridine rings is 1. The van der Waals surface area contributed by atoms with Gasteiger partial charge in [0.25, 0.3) is 0 Å². The van der Waals surface area contributed by atoms with Gasteiger partial charge in [0.1, 0.15) is 11.9 Å². The van der Waals surface area contributed by atoms with Gasteiger partial charge >= 0.3 is 0 Å². The highest BCUT2D eigenvalue weighted by atomic mass is 15.0. The Labute approximate surface area is 109 Å². The summed E-state index contributed by atoms with van der Waals surface area (Å²) in [6.07, 6.45) is 8.12. The van der Waals surface area contributed by atoms with E-state index in [4.69, 9.17) is 5.26 Å². The van der Waals surface area contributed by atoms with Crippen molar-refractivity contribution >= 4 is 5.82 Å². The summed E-state index contributed by atoms with van der Waals surface area (Å²) in [6.45, 7) is 2.87. The molecule has 1 heterocycles. The largest absolute Gasteiger partial charge is 0.369 e. The maximum Gasteiger partial charge on any atom is 0.144 e. The van der Waals surface area contributed by atoms with Crippen LogP contribution in [0.2, 0.25) is 0 Å². The molecule has 1 aromatic rings. The highest BCUT2D eigenvalue weighted by Gasteiger charge is 2.14. The molecule has 0 amide bonds. The van der Waals surface area contributed by atoms with Crippen molar-refractivity contribution < 1.29 is 0 Å². The van der Waals surface area contributed by atoms with Crippen molar-refractivity contribution in [2.45, 2.75) is 45.4 Å². The molecule has 3 nitrogen and oxygen atoms in total. The molecule has 1 saturated carbocycles. The second-order valence-corrected chi connectivity index (χ2v) is 5.18. The third-order valence-electron chi connectivity index (χ3n) is 3.71. The minimum atomic E-state index is 0.640. The van der Waals surface area contributed by atoms with E-state index < -0.39 is 0 Å². The maximum atomic E-state index is 9.01. The van der Waals surface area contributed by atoms with Gasteiger partial charge in [-0.25, -0.2) is 4.98 Å². The van der Waals surface area contributed by atoms with Crippen molar-refractivity contribution in [1.82, 2.24) is 4.98 Å². The van der Waals surface area contributed by atoms with Crippen molar-refractivity contribution in [2.24, 2.45) is 5.92 Å². The third kappa shape index (κ3) is 3.46. The summed E-state index contributed by atoms with van der Waals surface area (Å²) in [4.78, 5) is 4.38. The molecule has 1 fully saturated rings. The van der Waals surface area contributed by atoms with Crippen LogP contribution in [0.1, 0.15) is 49.8 Å². The van der Waals surface area contributed by atoms with E-state index in [0.717, 1.165) is 24.0 Å². The molecule has 1 aliphatic carbocycles. The third-order valence-corrected chi connectivity index (χ3v) is 3.71. The van der Waals surface area contributed by atoms with Crippen LogP contribution >= 0.6 is 0 Å².